The van der Waals surface area contributed by atoms with Gasteiger partial charge in [0.15, 0.2) is 0 Å². The molecule has 0 bridgehead atoms. The van der Waals surface area contributed by atoms with Crippen LogP contribution in [0.3, 0.4) is 0 Å². The summed E-state index contributed by atoms with van der Waals surface area (Å²) in [4.78, 5) is 2.67. The highest BCUT2D eigenvalue weighted by atomic mass is 32.1. The predicted molar refractivity (Wildman–Crippen MR) is 87.0 cm³/mol. The molecule has 1 saturated heterocycles. The molecule has 1 heterocycles. The number of hydrogen-bond donors (Lipinski definition) is 1. The zero-order chi connectivity index (χ0) is 13.8. The van der Waals surface area contributed by atoms with Gasteiger partial charge in [0.25, 0.3) is 0 Å². The number of piperidine rings is 1. The Morgan fingerprint density at radius 1 is 1.21 bits per heavy atom. The first-order valence-electron chi connectivity index (χ1n) is 7.51. The molecule has 106 valence electrons. The molecule has 1 nitrogen and oxygen atoms in total. The highest BCUT2D eigenvalue weighted by molar-refractivity contribution is 7.80. The van der Waals surface area contributed by atoms with Crippen LogP contribution in [0.25, 0.3) is 0 Å². The molecule has 4 unspecified atom stereocenters. The Balaban J connectivity index is 2.05. The van der Waals surface area contributed by atoms with Gasteiger partial charge in [-0.1, -0.05) is 44.2 Å². The summed E-state index contributed by atoms with van der Waals surface area (Å²) in [6.07, 6.45) is 1.37. The summed E-state index contributed by atoms with van der Waals surface area (Å²) < 4.78 is 0. The molecule has 0 N–H and O–H groups in total. The van der Waals surface area contributed by atoms with Crippen molar-refractivity contribution in [1.82, 2.24) is 4.90 Å². The van der Waals surface area contributed by atoms with Crippen molar-refractivity contribution in [3.05, 3.63) is 35.9 Å². The Kier molecular flexibility index (Phi) is 5.35. The number of rotatable bonds is 4. The lowest BCUT2D eigenvalue weighted by Gasteiger charge is -2.42. The van der Waals surface area contributed by atoms with Crippen LogP contribution in [0.1, 0.15) is 38.7 Å². The van der Waals surface area contributed by atoms with E-state index in [1.54, 1.807) is 0 Å². The van der Waals surface area contributed by atoms with Crippen LogP contribution in [0.4, 0.5) is 0 Å². The Labute approximate surface area is 123 Å². The van der Waals surface area contributed by atoms with E-state index in [-0.39, 0.29) is 0 Å². The van der Waals surface area contributed by atoms with E-state index in [0.717, 1.165) is 24.1 Å². The monoisotopic (exact) mass is 277 g/mol. The number of thiol groups is 1. The molecule has 0 spiro atoms. The molecular weight excluding hydrogens is 250 g/mol. The van der Waals surface area contributed by atoms with Crippen LogP contribution < -0.4 is 0 Å². The number of hydrogen-bond acceptors (Lipinski definition) is 2. The smallest absolute Gasteiger partial charge is 0.00930 e. The molecule has 0 radical (unpaired) electrons. The Morgan fingerprint density at radius 2 is 1.89 bits per heavy atom. The highest BCUT2D eigenvalue weighted by Gasteiger charge is 2.30. The fourth-order valence-electron chi connectivity index (χ4n) is 3.35. The summed E-state index contributed by atoms with van der Waals surface area (Å²) in [5.74, 6) is 3.10. The fraction of sp³-hybridized carbons (Fsp3) is 0.647. The summed E-state index contributed by atoms with van der Waals surface area (Å²) in [6.45, 7) is 9.54. The van der Waals surface area contributed by atoms with E-state index in [2.05, 4.69) is 68.6 Å². The molecule has 4 atom stereocenters. The van der Waals surface area contributed by atoms with Crippen molar-refractivity contribution in [2.75, 3.05) is 18.8 Å². The maximum atomic E-state index is 4.57. The van der Waals surface area contributed by atoms with Gasteiger partial charge >= 0.3 is 0 Å². The van der Waals surface area contributed by atoms with Crippen LogP contribution >= 0.6 is 12.6 Å². The number of benzene rings is 1. The Morgan fingerprint density at radius 3 is 2.53 bits per heavy atom. The predicted octanol–water partition coefficient (Wildman–Crippen LogP) is 4.07. The van der Waals surface area contributed by atoms with Gasteiger partial charge in [0, 0.05) is 25.0 Å². The van der Waals surface area contributed by atoms with E-state index < -0.39 is 0 Å². The first-order valence-corrected chi connectivity index (χ1v) is 8.15. The minimum absolute atomic E-state index is 0.546. The molecule has 2 heteroatoms. The van der Waals surface area contributed by atoms with Crippen molar-refractivity contribution >= 4 is 12.6 Å². The molecule has 1 aliphatic heterocycles. The molecular formula is C17H27NS. The quantitative estimate of drug-likeness (QED) is 0.812. The van der Waals surface area contributed by atoms with E-state index in [9.17, 15) is 0 Å². The minimum atomic E-state index is 0.546. The maximum absolute atomic E-state index is 4.57. The summed E-state index contributed by atoms with van der Waals surface area (Å²) in [5.41, 5.74) is 1.43. The largest absolute Gasteiger partial charge is 0.299 e. The lowest BCUT2D eigenvalue weighted by molar-refractivity contribution is 0.0756. The molecule has 19 heavy (non-hydrogen) atoms. The van der Waals surface area contributed by atoms with Gasteiger partial charge in [0.2, 0.25) is 0 Å². The van der Waals surface area contributed by atoms with Crippen LogP contribution in [-0.2, 0) is 0 Å². The standard InChI is InChI=1S/C17H27NS/c1-13-9-14(2)15(3)18(10-13)11-17(12-19)16-7-5-4-6-8-16/h4-8,13-15,17,19H,9-12H2,1-3H3. The maximum Gasteiger partial charge on any atom is 0.00930 e. The van der Waals surface area contributed by atoms with Crippen LogP contribution in [-0.4, -0.2) is 29.8 Å². The van der Waals surface area contributed by atoms with Crippen LogP contribution in [0, 0.1) is 11.8 Å². The van der Waals surface area contributed by atoms with Crippen molar-refractivity contribution < 1.29 is 0 Å². The van der Waals surface area contributed by atoms with Gasteiger partial charge in [-0.2, -0.15) is 12.6 Å². The van der Waals surface area contributed by atoms with E-state index in [0.29, 0.717) is 12.0 Å². The Bertz CT molecular complexity index is 378. The highest BCUT2D eigenvalue weighted by Crippen LogP contribution is 2.29. The summed E-state index contributed by atoms with van der Waals surface area (Å²) in [7, 11) is 0. The molecule has 1 aromatic rings. The summed E-state index contributed by atoms with van der Waals surface area (Å²) >= 11 is 4.57. The second kappa shape index (κ2) is 6.81. The molecule has 2 rings (SSSR count). The summed E-state index contributed by atoms with van der Waals surface area (Å²) in [6, 6.07) is 11.5. The van der Waals surface area contributed by atoms with Gasteiger partial charge < -0.3 is 0 Å². The second-order valence-corrected chi connectivity index (χ2v) is 6.67. The molecule has 0 aromatic heterocycles. The average molecular weight is 277 g/mol. The third kappa shape index (κ3) is 3.76. The van der Waals surface area contributed by atoms with Gasteiger partial charge in [-0.15, -0.1) is 0 Å². The van der Waals surface area contributed by atoms with E-state index in [4.69, 9.17) is 0 Å². The average Bonchev–Trinajstić information content (AvgIpc) is 2.42. The SMILES string of the molecule is CC1CC(C)C(C)N(CC(CS)c2ccccc2)C1. The molecule has 1 aromatic carbocycles. The zero-order valence-corrected chi connectivity index (χ0v) is 13.3. The van der Waals surface area contributed by atoms with Crippen molar-refractivity contribution in [3.63, 3.8) is 0 Å². The third-order valence-electron chi connectivity index (χ3n) is 4.67. The minimum Gasteiger partial charge on any atom is -0.299 e. The van der Waals surface area contributed by atoms with Gasteiger partial charge in [-0.25, -0.2) is 0 Å². The molecule has 0 amide bonds. The van der Waals surface area contributed by atoms with Crippen molar-refractivity contribution in [2.24, 2.45) is 11.8 Å². The number of nitrogens with zero attached hydrogens (tertiary/aromatic N) is 1. The van der Waals surface area contributed by atoms with Crippen molar-refractivity contribution in [2.45, 2.75) is 39.2 Å². The molecule has 1 fully saturated rings. The zero-order valence-electron chi connectivity index (χ0n) is 12.4. The molecule has 0 aliphatic carbocycles. The van der Waals surface area contributed by atoms with E-state index in [1.807, 2.05) is 0 Å². The Hall–Kier alpha value is -0.470. The normalized spacial score (nSPS) is 30.2. The second-order valence-electron chi connectivity index (χ2n) is 6.30. The van der Waals surface area contributed by atoms with Crippen molar-refractivity contribution in [3.8, 4) is 0 Å². The molecule has 0 saturated carbocycles. The topological polar surface area (TPSA) is 3.24 Å². The lowest BCUT2D eigenvalue weighted by Crippen LogP contribution is -2.47. The van der Waals surface area contributed by atoms with Crippen molar-refractivity contribution in [1.29, 1.82) is 0 Å². The van der Waals surface area contributed by atoms with Gasteiger partial charge in [0.1, 0.15) is 0 Å². The van der Waals surface area contributed by atoms with Gasteiger partial charge in [-0.3, -0.25) is 4.90 Å². The first kappa shape index (κ1) is 14.9. The van der Waals surface area contributed by atoms with Gasteiger partial charge in [0.05, 0.1) is 0 Å². The first-order chi connectivity index (χ1) is 9.11. The lowest BCUT2D eigenvalue weighted by atomic mass is 9.85. The number of likely N-dealkylation sites (tertiary alicyclic amines) is 1. The summed E-state index contributed by atoms with van der Waals surface area (Å²) in [5, 5.41) is 0. The van der Waals surface area contributed by atoms with Crippen LogP contribution in [0.15, 0.2) is 30.3 Å². The molecule has 1 aliphatic rings. The van der Waals surface area contributed by atoms with Gasteiger partial charge in [-0.05, 0) is 36.5 Å². The van der Waals surface area contributed by atoms with E-state index >= 15 is 0 Å². The third-order valence-corrected chi connectivity index (χ3v) is 5.11. The van der Waals surface area contributed by atoms with Crippen LogP contribution in [0.5, 0.6) is 0 Å². The fourth-order valence-corrected chi connectivity index (χ4v) is 3.68. The van der Waals surface area contributed by atoms with Crippen LogP contribution in [0.2, 0.25) is 0 Å². The van der Waals surface area contributed by atoms with E-state index in [1.165, 1.54) is 18.5 Å².